The molecule has 1 aromatic rings. The van der Waals surface area contributed by atoms with E-state index in [4.69, 9.17) is 4.74 Å². The number of rotatable bonds is 6. The molecule has 0 saturated carbocycles. The molecule has 0 radical (unpaired) electrons. The van der Waals surface area contributed by atoms with Crippen LogP contribution in [-0.4, -0.2) is 30.8 Å². The molecule has 19 heavy (non-hydrogen) atoms. The van der Waals surface area contributed by atoms with E-state index in [9.17, 15) is 22.4 Å². The average Bonchev–Trinajstić information content (AvgIpc) is 2.37. The third-order valence-electron chi connectivity index (χ3n) is 2.11. The SMILES string of the molecule is COc1cc(C(=O)CBr)ccc1OC(F)(F)C(F)F. The molecule has 0 N–H and O–H groups in total. The maximum Gasteiger partial charge on any atom is 0.461 e. The zero-order valence-corrected chi connectivity index (χ0v) is 11.2. The largest absolute Gasteiger partial charge is 0.493 e. The van der Waals surface area contributed by atoms with Crippen LogP contribution in [0.3, 0.4) is 0 Å². The van der Waals surface area contributed by atoms with Gasteiger partial charge in [-0.15, -0.1) is 0 Å². The summed E-state index contributed by atoms with van der Waals surface area (Å²) in [4.78, 5) is 11.4. The van der Waals surface area contributed by atoms with E-state index in [2.05, 4.69) is 20.7 Å². The maximum absolute atomic E-state index is 12.8. The van der Waals surface area contributed by atoms with E-state index in [1.807, 2.05) is 0 Å². The lowest BCUT2D eigenvalue weighted by atomic mass is 10.1. The minimum Gasteiger partial charge on any atom is -0.493 e. The van der Waals surface area contributed by atoms with Crippen molar-refractivity contribution in [1.29, 1.82) is 0 Å². The van der Waals surface area contributed by atoms with Crippen molar-refractivity contribution >= 4 is 21.7 Å². The van der Waals surface area contributed by atoms with Crippen molar-refractivity contribution in [3.8, 4) is 11.5 Å². The number of benzene rings is 1. The number of methoxy groups -OCH3 is 1. The fraction of sp³-hybridized carbons (Fsp3) is 0.364. The van der Waals surface area contributed by atoms with Gasteiger partial charge < -0.3 is 9.47 Å². The minimum absolute atomic E-state index is 0.0313. The van der Waals surface area contributed by atoms with Crippen LogP contribution in [0.15, 0.2) is 18.2 Å². The van der Waals surface area contributed by atoms with Crippen LogP contribution in [0.4, 0.5) is 17.6 Å². The molecule has 0 aromatic heterocycles. The monoisotopic (exact) mass is 344 g/mol. The van der Waals surface area contributed by atoms with E-state index in [1.54, 1.807) is 0 Å². The van der Waals surface area contributed by atoms with Gasteiger partial charge in [-0.3, -0.25) is 4.79 Å². The van der Waals surface area contributed by atoms with Gasteiger partial charge in [-0.2, -0.15) is 17.6 Å². The number of ether oxygens (including phenoxy) is 2. The fourth-order valence-electron chi connectivity index (χ4n) is 1.19. The lowest BCUT2D eigenvalue weighted by Gasteiger charge is -2.18. The second kappa shape index (κ2) is 6.23. The number of ketones is 1. The lowest BCUT2D eigenvalue weighted by Crippen LogP contribution is -2.33. The molecule has 1 aromatic carbocycles. The molecular formula is C11H9BrF4O3. The van der Waals surface area contributed by atoms with Gasteiger partial charge >= 0.3 is 12.5 Å². The molecule has 106 valence electrons. The van der Waals surface area contributed by atoms with Crippen LogP contribution in [0.25, 0.3) is 0 Å². The van der Waals surface area contributed by atoms with Gasteiger partial charge in [-0.25, -0.2) is 0 Å². The highest BCUT2D eigenvalue weighted by atomic mass is 79.9. The number of halogens is 5. The predicted molar refractivity (Wildman–Crippen MR) is 62.7 cm³/mol. The van der Waals surface area contributed by atoms with Gasteiger partial charge in [-0.05, 0) is 18.2 Å². The molecule has 0 aliphatic rings. The number of hydrogen-bond donors (Lipinski definition) is 0. The highest BCUT2D eigenvalue weighted by Gasteiger charge is 2.44. The van der Waals surface area contributed by atoms with Crippen molar-refractivity contribution in [2.75, 3.05) is 12.4 Å². The Kier molecular flexibility index (Phi) is 5.16. The molecule has 0 unspecified atom stereocenters. The van der Waals surface area contributed by atoms with Gasteiger partial charge in [0, 0.05) is 5.56 Å². The van der Waals surface area contributed by atoms with Gasteiger partial charge in [0.15, 0.2) is 17.3 Å². The minimum atomic E-state index is -4.63. The normalized spacial score (nSPS) is 11.5. The third kappa shape index (κ3) is 3.82. The Morgan fingerprint density at radius 1 is 1.37 bits per heavy atom. The first-order valence-corrected chi connectivity index (χ1v) is 6.06. The molecule has 0 fully saturated rings. The van der Waals surface area contributed by atoms with Gasteiger partial charge in [-0.1, -0.05) is 15.9 Å². The molecule has 0 spiro atoms. The van der Waals surface area contributed by atoms with Crippen LogP contribution in [-0.2, 0) is 0 Å². The van der Waals surface area contributed by atoms with E-state index in [-0.39, 0.29) is 22.4 Å². The summed E-state index contributed by atoms with van der Waals surface area (Å²) < 4.78 is 58.2. The summed E-state index contributed by atoms with van der Waals surface area (Å²) in [6, 6.07) is 3.30. The molecule has 0 amide bonds. The zero-order chi connectivity index (χ0) is 14.6. The van der Waals surface area contributed by atoms with Crippen molar-refractivity contribution in [2.45, 2.75) is 12.5 Å². The quantitative estimate of drug-likeness (QED) is 0.450. The van der Waals surface area contributed by atoms with E-state index in [0.717, 1.165) is 19.2 Å². The fourth-order valence-corrected chi connectivity index (χ4v) is 1.52. The van der Waals surface area contributed by atoms with Gasteiger partial charge in [0.1, 0.15) is 0 Å². The lowest BCUT2D eigenvalue weighted by molar-refractivity contribution is -0.253. The van der Waals surface area contributed by atoms with E-state index in [1.165, 1.54) is 6.07 Å². The molecule has 0 heterocycles. The number of carbonyl (C=O) groups excluding carboxylic acids is 1. The molecule has 8 heteroatoms. The third-order valence-corrected chi connectivity index (χ3v) is 2.62. The smallest absolute Gasteiger partial charge is 0.461 e. The second-order valence-electron chi connectivity index (χ2n) is 3.39. The van der Waals surface area contributed by atoms with E-state index in [0.29, 0.717) is 0 Å². The Morgan fingerprint density at radius 3 is 2.47 bits per heavy atom. The van der Waals surface area contributed by atoms with Crippen molar-refractivity contribution in [1.82, 2.24) is 0 Å². The summed E-state index contributed by atoms with van der Waals surface area (Å²) in [7, 11) is 1.14. The Morgan fingerprint density at radius 2 is 2.00 bits per heavy atom. The summed E-state index contributed by atoms with van der Waals surface area (Å²) in [5, 5.41) is 0.0313. The molecule has 0 bridgehead atoms. The van der Waals surface area contributed by atoms with Crippen LogP contribution in [0, 0.1) is 0 Å². The highest BCUT2D eigenvalue weighted by molar-refractivity contribution is 9.09. The van der Waals surface area contributed by atoms with Crippen molar-refractivity contribution in [3.05, 3.63) is 23.8 Å². The van der Waals surface area contributed by atoms with Crippen LogP contribution in [0.2, 0.25) is 0 Å². The first kappa shape index (κ1) is 15.7. The predicted octanol–water partition coefficient (Wildman–Crippen LogP) is 3.51. The number of Topliss-reactive ketones (excluding diaryl/α,β-unsaturated/α-hetero) is 1. The Labute approximate surface area is 114 Å². The highest BCUT2D eigenvalue weighted by Crippen LogP contribution is 2.34. The first-order valence-electron chi connectivity index (χ1n) is 4.94. The van der Waals surface area contributed by atoms with Gasteiger partial charge in [0.25, 0.3) is 0 Å². The Balaban J connectivity index is 3.06. The van der Waals surface area contributed by atoms with Gasteiger partial charge in [0.05, 0.1) is 12.4 Å². The summed E-state index contributed by atoms with van der Waals surface area (Å²) >= 11 is 2.94. The molecule has 0 aliphatic carbocycles. The van der Waals surface area contributed by atoms with Crippen LogP contribution in [0.1, 0.15) is 10.4 Å². The molecule has 3 nitrogen and oxygen atoms in total. The number of hydrogen-bond acceptors (Lipinski definition) is 3. The maximum atomic E-state index is 12.8. The van der Waals surface area contributed by atoms with Crippen molar-refractivity contribution < 1.29 is 31.8 Å². The van der Waals surface area contributed by atoms with Crippen LogP contribution >= 0.6 is 15.9 Å². The Hall–Kier alpha value is -1.31. The van der Waals surface area contributed by atoms with E-state index < -0.39 is 18.3 Å². The molecular weight excluding hydrogens is 336 g/mol. The van der Waals surface area contributed by atoms with E-state index >= 15 is 0 Å². The number of carbonyl (C=O) groups is 1. The van der Waals surface area contributed by atoms with Gasteiger partial charge in [0.2, 0.25) is 0 Å². The Bertz CT molecular complexity index is 465. The van der Waals surface area contributed by atoms with Crippen molar-refractivity contribution in [3.63, 3.8) is 0 Å². The average molecular weight is 345 g/mol. The summed E-state index contributed by atoms with van der Waals surface area (Å²) in [6.07, 6.45) is -8.60. The summed E-state index contributed by atoms with van der Waals surface area (Å²) in [6.45, 7) is 0. The number of alkyl halides is 5. The second-order valence-corrected chi connectivity index (χ2v) is 3.95. The van der Waals surface area contributed by atoms with Crippen molar-refractivity contribution in [2.24, 2.45) is 0 Å². The standard InChI is InChI=1S/C11H9BrF4O3/c1-18-9-4-6(7(17)5-12)2-3-8(9)19-11(15,16)10(13)14/h2-4,10H,5H2,1H3. The molecule has 1 rings (SSSR count). The zero-order valence-electron chi connectivity index (χ0n) is 9.63. The topological polar surface area (TPSA) is 35.5 Å². The molecule has 0 atom stereocenters. The van der Waals surface area contributed by atoms with Crippen LogP contribution < -0.4 is 9.47 Å². The summed E-state index contributed by atoms with van der Waals surface area (Å²) in [5.74, 6) is -1.11. The molecule has 0 saturated heterocycles. The molecule has 0 aliphatic heterocycles. The van der Waals surface area contributed by atoms with Crippen LogP contribution in [0.5, 0.6) is 11.5 Å². The summed E-state index contributed by atoms with van der Waals surface area (Å²) in [5.41, 5.74) is 0.182. The first-order chi connectivity index (χ1) is 8.81.